The Labute approximate surface area is 121 Å². The molecular formula is C12H17ClN4O3. The number of aromatic nitrogens is 2. The number of ether oxygens (including phenoxy) is 1. The minimum atomic E-state index is -0.365. The van der Waals surface area contributed by atoms with Crippen LogP contribution in [0.5, 0.6) is 0 Å². The van der Waals surface area contributed by atoms with Crippen molar-refractivity contribution in [3.63, 3.8) is 0 Å². The number of carbonyl (C=O) groups is 1. The lowest BCUT2D eigenvalue weighted by Crippen LogP contribution is -2.41. The number of amides is 1. The molecule has 0 atom stereocenters. The van der Waals surface area contributed by atoms with Crippen molar-refractivity contribution in [2.24, 2.45) is 7.05 Å². The number of nitrogens with zero attached hydrogens (tertiary/aromatic N) is 3. The fraction of sp³-hybridized carbons (Fsp3) is 0.583. The lowest BCUT2D eigenvalue weighted by molar-refractivity contribution is -0.134. The standard InChI is InChI=1S/C12H17ClN4O3/c1-16-12(19)11(13)9(8-15-16)14-3-2-10(18)17-4-6-20-7-5-17/h8,14H,2-7H2,1H3. The molecule has 0 radical (unpaired) electrons. The number of rotatable bonds is 4. The molecule has 110 valence electrons. The van der Waals surface area contributed by atoms with Crippen LogP contribution >= 0.6 is 11.6 Å². The smallest absolute Gasteiger partial charge is 0.287 e. The van der Waals surface area contributed by atoms with E-state index in [9.17, 15) is 9.59 Å². The molecule has 0 aromatic carbocycles. The fourth-order valence-corrected chi connectivity index (χ4v) is 2.15. The Kier molecular flexibility index (Phi) is 4.97. The van der Waals surface area contributed by atoms with Crippen molar-refractivity contribution in [2.75, 3.05) is 38.2 Å². The summed E-state index contributed by atoms with van der Waals surface area (Å²) in [5.41, 5.74) is 0.0840. The fourth-order valence-electron chi connectivity index (χ4n) is 1.91. The van der Waals surface area contributed by atoms with E-state index in [4.69, 9.17) is 16.3 Å². The molecule has 0 unspecified atom stereocenters. The highest BCUT2D eigenvalue weighted by Gasteiger charge is 2.16. The zero-order chi connectivity index (χ0) is 14.5. The molecule has 1 fully saturated rings. The third-order valence-electron chi connectivity index (χ3n) is 3.10. The third-order valence-corrected chi connectivity index (χ3v) is 3.46. The maximum absolute atomic E-state index is 11.9. The van der Waals surface area contributed by atoms with Crippen LogP contribution in [-0.4, -0.2) is 53.4 Å². The second-order valence-electron chi connectivity index (χ2n) is 4.47. The van der Waals surface area contributed by atoms with Gasteiger partial charge in [-0.15, -0.1) is 0 Å². The van der Waals surface area contributed by atoms with Gasteiger partial charge in [0.2, 0.25) is 5.91 Å². The summed E-state index contributed by atoms with van der Waals surface area (Å²) in [6.07, 6.45) is 1.81. The summed E-state index contributed by atoms with van der Waals surface area (Å²) in [6, 6.07) is 0. The van der Waals surface area contributed by atoms with Crippen LogP contribution in [0.25, 0.3) is 0 Å². The van der Waals surface area contributed by atoms with Crippen molar-refractivity contribution >= 4 is 23.2 Å². The first kappa shape index (κ1) is 14.8. The van der Waals surface area contributed by atoms with Crippen molar-refractivity contribution in [2.45, 2.75) is 6.42 Å². The predicted molar refractivity (Wildman–Crippen MR) is 75.0 cm³/mol. The second-order valence-corrected chi connectivity index (χ2v) is 4.85. The molecule has 0 bridgehead atoms. The Morgan fingerprint density at radius 3 is 2.90 bits per heavy atom. The summed E-state index contributed by atoms with van der Waals surface area (Å²) in [6.45, 7) is 2.85. The molecule has 0 aliphatic carbocycles. The first-order chi connectivity index (χ1) is 9.59. The highest BCUT2D eigenvalue weighted by atomic mass is 35.5. The molecule has 0 spiro atoms. The van der Waals surface area contributed by atoms with Gasteiger partial charge in [0.1, 0.15) is 5.02 Å². The Morgan fingerprint density at radius 2 is 2.20 bits per heavy atom. The van der Waals surface area contributed by atoms with Gasteiger partial charge < -0.3 is 15.0 Å². The zero-order valence-electron chi connectivity index (χ0n) is 11.3. The molecule has 1 aliphatic rings. The van der Waals surface area contributed by atoms with E-state index in [0.717, 1.165) is 4.68 Å². The van der Waals surface area contributed by atoms with Gasteiger partial charge in [-0.2, -0.15) is 5.10 Å². The SMILES string of the molecule is Cn1ncc(NCCC(=O)N2CCOCC2)c(Cl)c1=O. The number of nitrogens with one attached hydrogen (secondary N) is 1. The van der Waals surface area contributed by atoms with Crippen LogP contribution in [0.4, 0.5) is 5.69 Å². The molecular weight excluding hydrogens is 284 g/mol. The summed E-state index contributed by atoms with van der Waals surface area (Å²) in [5.74, 6) is 0.0636. The Bertz CT molecular complexity index is 540. The van der Waals surface area contributed by atoms with Crippen LogP contribution in [0.2, 0.25) is 5.02 Å². The molecule has 1 amide bonds. The summed E-state index contributed by atoms with van der Waals surface area (Å²) in [7, 11) is 1.53. The van der Waals surface area contributed by atoms with Gasteiger partial charge in [-0.25, -0.2) is 4.68 Å². The summed E-state index contributed by atoms with van der Waals surface area (Å²) >= 11 is 5.91. The number of halogens is 1. The molecule has 8 heteroatoms. The number of carbonyl (C=O) groups excluding carboxylic acids is 1. The lowest BCUT2D eigenvalue weighted by atomic mass is 10.3. The van der Waals surface area contributed by atoms with E-state index in [0.29, 0.717) is 45.0 Å². The highest BCUT2D eigenvalue weighted by Crippen LogP contribution is 2.14. The molecule has 1 saturated heterocycles. The maximum atomic E-state index is 11.9. The average molecular weight is 301 g/mol. The predicted octanol–water partition coefficient (Wildman–Crippen LogP) is 0.0945. The Balaban J connectivity index is 1.85. The van der Waals surface area contributed by atoms with Gasteiger partial charge in [-0.05, 0) is 0 Å². The van der Waals surface area contributed by atoms with Crippen LogP contribution in [0, 0.1) is 0 Å². The van der Waals surface area contributed by atoms with Gasteiger partial charge in [0.15, 0.2) is 0 Å². The quantitative estimate of drug-likeness (QED) is 0.853. The summed E-state index contributed by atoms with van der Waals surface area (Å²) < 4.78 is 6.35. The van der Waals surface area contributed by atoms with E-state index in [1.165, 1.54) is 13.2 Å². The van der Waals surface area contributed by atoms with Gasteiger partial charge in [0.05, 0.1) is 25.1 Å². The molecule has 1 aromatic heterocycles. The average Bonchev–Trinajstić information content (AvgIpc) is 2.48. The minimum Gasteiger partial charge on any atom is -0.382 e. The van der Waals surface area contributed by atoms with E-state index in [1.54, 1.807) is 4.90 Å². The van der Waals surface area contributed by atoms with Crippen molar-refractivity contribution in [1.82, 2.24) is 14.7 Å². The Hall–Kier alpha value is -1.60. The molecule has 2 heterocycles. The number of anilines is 1. The third kappa shape index (κ3) is 3.49. The van der Waals surface area contributed by atoms with Gasteiger partial charge >= 0.3 is 0 Å². The van der Waals surface area contributed by atoms with E-state index in [-0.39, 0.29) is 16.5 Å². The molecule has 1 aliphatic heterocycles. The zero-order valence-corrected chi connectivity index (χ0v) is 12.0. The number of morpholine rings is 1. The molecule has 1 N–H and O–H groups in total. The van der Waals surface area contributed by atoms with Gasteiger partial charge in [-0.1, -0.05) is 11.6 Å². The lowest BCUT2D eigenvalue weighted by Gasteiger charge is -2.26. The molecule has 1 aromatic rings. The van der Waals surface area contributed by atoms with Gasteiger partial charge in [0, 0.05) is 33.1 Å². The number of hydrogen-bond acceptors (Lipinski definition) is 5. The topological polar surface area (TPSA) is 76.5 Å². The second kappa shape index (κ2) is 6.71. The van der Waals surface area contributed by atoms with Crippen LogP contribution in [0.3, 0.4) is 0 Å². The Morgan fingerprint density at radius 1 is 1.50 bits per heavy atom. The highest BCUT2D eigenvalue weighted by molar-refractivity contribution is 6.32. The number of hydrogen-bond donors (Lipinski definition) is 1. The largest absolute Gasteiger partial charge is 0.382 e. The molecule has 0 saturated carbocycles. The minimum absolute atomic E-state index is 0.0636. The molecule has 2 rings (SSSR count). The van der Waals surface area contributed by atoms with Crippen molar-refractivity contribution in [3.8, 4) is 0 Å². The van der Waals surface area contributed by atoms with Gasteiger partial charge in [0.25, 0.3) is 5.56 Å². The monoisotopic (exact) mass is 300 g/mol. The summed E-state index contributed by atoms with van der Waals surface area (Å²) in [4.78, 5) is 25.3. The van der Waals surface area contributed by atoms with Crippen molar-refractivity contribution in [3.05, 3.63) is 21.6 Å². The van der Waals surface area contributed by atoms with E-state index < -0.39 is 0 Å². The normalized spacial score (nSPS) is 15.2. The molecule has 7 nitrogen and oxygen atoms in total. The van der Waals surface area contributed by atoms with Crippen molar-refractivity contribution < 1.29 is 9.53 Å². The van der Waals surface area contributed by atoms with Crippen molar-refractivity contribution in [1.29, 1.82) is 0 Å². The summed E-state index contributed by atoms with van der Waals surface area (Å²) in [5, 5.41) is 6.92. The van der Waals surface area contributed by atoms with Crippen LogP contribution < -0.4 is 10.9 Å². The van der Waals surface area contributed by atoms with E-state index >= 15 is 0 Å². The first-order valence-electron chi connectivity index (χ1n) is 6.41. The van der Waals surface area contributed by atoms with E-state index in [2.05, 4.69) is 10.4 Å². The van der Waals surface area contributed by atoms with Crippen LogP contribution in [0.15, 0.2) is 11.0 Å². The maximum Gasteiger partial charge on any atom is 0.287 e. The van der Waals surface area contributed by atoms with E-state index in [1.807, 2.05) is 0 Å². The molecule has 20 heavy (non-hydrogen) atoms. The number of aryl methyl sites for hydroxylation is 1. The van der Waals surface area contributed by atoms with Crippen LogP contribution in [0.1, 0.15) is 6.42 Å². The van der Waals surface area contributed by atoms with Gasteiger partial charge in [-0.3, -0.25) is 9.59 Å². The first-order valence-corrected chi connectivity index (χ1v) is 6.78. The van der Waals surface area contributed by atoms with Crippen LogP contribution in [-0.2, 0) is 16.6 Å².